The fourth-order valence-corrected chi connectivity index (χ4v) is 3.60. The maximum Gasteiger partial charge on any atom is 0.262 e. The Kier molecular flexibility index (Phi) is 4.61. The van der Waals surface area contributed by atoms with Crippen molar-refractivity contribution in [2.24, 2.45) is 17.3 Å². The molecule has 138 valence electrons. The predicted octanol–water partition coefficient (Wildman–Crippen LogP) is 3.10. The lowest BCUT2D eigenvalue weighted by atomic mass is 10.1. The summed E-state index contributed by atoms with van der Waals surface area (Å²) in [6.07, 6.45) is 2.15. The topological polar surface area (TPSA) is 76.0 Å². The highest BCUT2D eigenvalue weighted by Crippen LogP contribution is 2.59. The van der Waals surface area contributed by atoms with Gasteiger partial charge < -0.3 is 0 Å². The molecule has 2 unspecified atom stereocenters. The van der Waals surface area contributed by atoms with E-state index in [0.717, 1.165) is 0 Å². The number of nitrogens with one attached hydrogen (secondary N) is 2. The minimum absolute atomic E-state index is 0.0652. The maximum atomic E-state index is 12.6. The molecule has 1 aromatic carbocycles. The Morgan fingerprint density at radius 2 is 2.00 bits per heavy atom. The van der Waals surface area contributed by atoms with E-state index in [1.54, 1.807) is 12.1 Å². The van der Waals surface area contributed by atoms with Crippen molar-refractivity contribution in [3.8, 4) is 0 Å². The normalized spacial score (nSPS) is 20.5. The van der Waals surface area contributed by atoms with Crippen LogP contribution in [0.2, 0.25) is 0 Å². The van der Waals surface area contributed by atoms with Gasteiger partial charge in [0.2, 0.25) is 11.9 Å². The molecule has 2 aromatic rings. The predicted molar refractivity (Wildman–Crippen MR) is 104 cm³/mol. The Balaban J connectivity index is 1.81. The van der Waals surface area contributed by atoms with Crippen molar-refractivity contribution in [3.05, 3.63) is 46.3 Å². The summed E-state index contributed by atoms with van der Waals surface area (Å²) in [5.74, 6) is 0.406. The molecule has 1 amide bonds. The van der Waals surface area contributed by atoms with E-state index in [2.05, 4.69) is 35.8 Å². The molecule has 3 rings (SSSR count). The summed E-state index contributed by atoms with van der Waals surface area (Å²) in [5, 5.41) is 0.568. The van der Waals surface area contributed by atoms with Crippen LogP contribution in [0.25, 0.3) is 10.9 Å². The summed E-state index contributed by atoms with van der Waals surface area (Å²) in [6.45, 7) is 10.6. The number of carbonyl (C=O) groups is 1. The summed E-state index contributed by atoms with van der Waals surface area (Å²) in [5.41, 5.74) is 7.24. The first kappa shape index (κ1) is 18.2. The number of aromatic nitrogens is 2. The molecule has 0 spiro atoms. The summed E-state index contributed by atoms with van der Waals surface area (Å²) in [6, 6.07) is 7.21. The van der Waals surface area contributed by atoms with Crippen LogP contribution < -0.4 is 16.4 Å². The van der Waals surface area contributed by atoms with Gasteiger partial charge in [-0.2, -0.15) is 0 Å². The molecule has 1 fully saturated rings. The molecular weight excluding hydrogens is 328 g/mol. The van der Waals surface area contributed by atoms with Crippen LogP contribution in [0.4, 0.5) is 5.95 Å². The van der Waals surface area contributed by atoms with Gasteiger partial charge in [-0.15, -0.1) is 0 Å². The molecule has 1 saturated carbocycles. The van der Waals surface area contributed by atoms with E-state index in [1.165, 1.54) is 10.1 Å². The van der Waals surface area contributed by atoms with Crippen molar-refractivity contribution < 1.29 is 4.79 Å². The van der Waals surface area contributed by atoms with E-state index in [-0.39, 0.29) is 28.7 Å². The van der Waals surface area contributed by atoms with Crippen molar-refractivity contribution >= 4 is 22.8 Å². The highest BCUT2D eigenvalue weighted by molar-refractivity contribution is 5.85. The van der Waals surface area contributed by atoms with Gasteiger partial charge in [-0.3, -0.25) is 25.0 Å². The average Bonchev–Trinajstić information content (AvgIpc) is 3.12. The largest absolute Gasteiger partial charge is 0.277 e. The molecule has 26 heavy (non-hydrogen) atoms. The second-order valence-corrected chi connectivity index (χ2v) is 7.69. The van der Waals surface area contributed by atoms with E-state index in [4.69, 9.17) is 0 Å². The number of hydrogen-bond donors (Lipinski definition) is 2. The number of para-hydroxylation sites is 1. The van der Waals surface area contributed by atoms with Crippen molar-refractivity contribution in [1.29, 1.82) is 0 Å². The Bertz CT molecular complexity index is 938. The van der Waals surface area contributed by atoms with E-state index in [9.17, 15) is 9.59 Å². The average molecular weight is 354 g/mol. The van der Waals surface area contributed by atoms with Crippen LogP contribution in [-0.2, 0) is 11.3 Å². The molecule has 0 saturated heterocycles. The van der Waals surface area contributed by atoms with Gasteiger partial charge in [-0.25, -0.2) is 4.98 Å². The van der Waals surface area contributed by atoms with Crippen molar-refractivity contribution in [2.75, 3.05) is 5.43 Å². The number of fused-ring (bicyclic) bond motifs is 1. The summed E-state index contributed by atoms with van der Waals surface area (Å²) < 4.78 is 1.52. The van der Waals surface area contributed by atoms with Crippen molar-refractivity contribution in [2.45, 2.75) is 41.2 Å². The fraction of sp³-hybridized carbons (Fsp3) is 0.450. The Morgan fingerprint density at radius 3 is 2.65 bits per heavy atom. The van der Waals surface area contributed by atoms with Crippen molar-refractivity contribution in [1.82, 2.24) is 15.0 Å². The molecular formula is C20H26N4O2. The lowest BCUT2D eigenvalue weighted by Crippen LogP contribution is -2.36. The van der Waals surface area contributed by atoms with E-state index in [0.29, 0.717) is 23.4 Å². The number of hydrazine groups is 1. The van der Waals surface area contributed by atoms with Gasteiger partial charge in [-0.1, -0.05) is 37.6 Å². The summed E-state index contributed by atoms with van der Waals surface area (Å²) >= 11 is 0. The summed E-state index contributed by atoms with van der Waals surface area (Å²) in [4.78, 5) is 29.7. The van der Waals surface area contributed by atoms with Crippen LogP contribution >= 0.6 is 0 Å². The molecule has 1 heterocycles. The molecule has 2 atom stereocenters. The number of carbonyl (C=O) groups excluding carboxylic acids is 1. The van der Waals surface area contributed by atoms with E-state index < -0.39 is 0 Å². The second kappa shape index (κ2) is 6.59. The third kappa shape index (κ3) is 3.11. The fourth-order valence-electron chi connectivity index (χ4n) is 3.60. The molecule has 0 aliphatic heterocycles. The minimum atomic E-state index is -0.121. The standard InChI is InChI=1S/C20H26N4O2/c1-6-24-18(26)13-9-7-8-10-15(13)21-19(24)23-22-17(25)16-14(11-12(2)3)20(16,4)5/h7-11,14,16H,6H2,1-5H3,(H,21,23)(H,22,25). The quantitative estimate of drug-likeness (QED) is 0.639. The number of anilines is 1. The number of allylic oxidation sites excluding steroid dienone is 2. The minimum Gasteiger partial charge on any atom is -0.277 e. The van der Waals surface area contributed by atoms with E-state index in [1.807, 2.05) is 32.9 Å². The SMILES string of the molecule is CCn1c(NNC(=O)C2C(C=C(C)C)C2(C)C)nc2ccccc2c1=O. The Labute approximate surface area is 153 Å². The van der Waals surface area contributed by atoms with E-state index >= 15 is 0 Å². The lowest BCUT2D eigenvalue weighted by molar-refractivity contribution is -0.122. The second-order valence-electron chi connectivity index (χ2n) is 7.69. The Morgan fingerprint density at radius 1 is 1.31 bits per heavy atom. The molecule has 0 bridgehead atoms. The number of rotatable bonds is 5. The number of hydrogen-bond acceptors (Lipinski definition) is 4. The Hall–Kier alpha value is -2.63. The lowest BCUT2D eigenvalue weighted by Gasteiger charge is -2.14. The van der Waals surface area contributed by atoms with Crippen LogP contribution in [0.15, 0.2) is 40.7 Å². The molecule has 6 nitrogen and oxygen atoms in total. The zero-order chi connectivity index (χ0) is 19.1. The highest BCUT2D eigenvalue weighted by Gasteiger charge is 2.60. The van der Waals surface area contributed by atoms with Gasteiger partial charge in [-0.05, 0) is 44.2 Å². The molecule has 0 radical (unpaired) electrons. The van der Waals surface area contributed by atoms with Crippen LogP contribution in [0.5, 0.6) is 0 Å². The molecule has 1 aliphatic rings. The number of benzene rings is 1. The number of nitrogens with zero attached hydrogens (tertiary/aromatic N) is 2. The van der Waals surface area contributed by atoms with Gasteiger partial charge >= 0.3 is 0 Å². The molecule has 1 aromatic heterocycles. The third-order valence-corrected chi connectivity index (χ3v) is 5.18. The van der Waals surface area contributed by atoms with Gasteiger partial charge in [0.05, 0.1) is 16.8 Å². The first-order valence-electron chi connectivity index (χ1n) is 8.97. The van der Waals surface area contributed by atoms with Gasteiger partial charge in [0.25, 0.3) is 5.56 Å². The smallest absolute Gasteiger partial charge is 0.262 e. The van der Waals surface area contributed by atoms with Crippen LogP contribution in [0.1, 0.15) is 34.6 Å². The van der Waals surface area contributed by atoms with Gasteiger partial charge in [0, 0.05) is 6.54 Å². The van der Waals surface area contributed by atoms with Crippen LogP contribution in [0.3, 0.4) is 0 Å². The zero-order valence-corrected chi connectivity index (χ0v) is 16.0. The third-order valence-electron chi connectivity index (χ3n) is 5.18. The van der Waals surface area contributed by atoms with Gasteiger partial charge in [0.1, 0.15) is 0 Å². The monoisotopic (exact) mass is 354 g/mol. The summed E-state index contributed by atoms with van der Waals surface area (Å²) in [7, 11) is 0. The maximum absolute atomic E-state index is 12.6. The van der Waals surface area contributed by atoms with Crippen molar-refractivity contribution in [3.63, 3.8) is 0 Å². The molecule has 6 heteroatoms. The molecule has 1 aliphatic carbocycles. The van der Waals surface area contributed by atoms with Crippen LogP contribution in [-0.4, -0.2) is 15.5 Å². The van der Waals surface area contributed by atoms with Crippen LogP contribution in [0, 0.1) is 17.3 Å². The zero-order valence-electron chi connectivity index (χ0n) is 16.0. The first-order valence-corrected chi connectivity index (χ1v) is 8.97. The molecule has 2 N–H and O–H groups in total. The number of amides is 1. The highest BCUT2D eigenvalue weighted by atomic mass is 16.2. The van der Waals surface area contributed by atoms with Gasteiger partial charge in [0.15, 0.2) is 0 Å². The first-order chi connectivity index (χ1) is 12.3.